The molecule has 3 heteroatoms. The predicted octanol–water partition coefficient (Wildman–Crippen LogP) is 8.47. The molecule has 0 unspecified atom stereocenters. The standard InChI is InChI=1S/C34H33O3/c1-32(2,3)16-10-19-25-20(11-16)30(36)22-13-18(34(7,8)9)15-24-27(22)28(25)26-21(29(19)35)12-17(33(4,5)6)14-23(26)31(24)37/h10-15H,1-9H3. The van der Waals surface area contributed by atoms with Crippen molar-refractivity contribution in [3.8, 4) is 16.9 Å². The van der Waals surface area contributed by atoms with E-state index < -0.39 is 0 Å². The molecule has 2 aliphatic carbocycles. The van der Waals surface area contributed by atoms with Gasteiger partial charge in [-0.05, 0) is 69.3 Å². The fourth-order valence-corrected chi connectivity index (χ4v) is 5.92. The van der Waals surface area contributed by atoms with Gasteiger partial charge in [-0.15, -0.1) is 0 Å². The number of hydrogen-bond donors (Lipinski definition) is 0. The summed E-state index contributed by atoms with van der Waals surface area (Å²) in [7, 11) is 0. The van der Waals surface area contributed by atoms with E-state index in [0.29, 0.717) is 48.7 Å². The summed E-state index contributed by atoms with van der Waals surface area (Å²) in [5.74, 6) is -0.104. The number of rotatable bonds is 0. The molecule has 0 bridgehead atoms. The van der Waals surface area contributed by atoms with Crippen LogP contribution in [0.2, 0.25) is 0 Å². The Labute approximate surface area is 217 Å². The van der Waals surface area contributed by atoms with Gasteiger partial charge < -0.3 is 0 Å². The van der Waals surface area contributed by atoms with Crippen LogP contribution < -0.4 is 10.9 Å². The molecule has 0 aliphatic heterocycles. The monoisotopic (exact) mass is 489 g/mol. The van der Waals surface area contributed by atoms with Crippen molar-refractivity contribution in [1.29, 1.82) is 0 Å². The number of benzene rings is 6. The fraction of sp³-hybridized carbons (Fsp3) is 0.353. The minimum absolute atomic E-state index is 0.104. The maximum absolute atomic E-state index is 14.2. The fourth-order valence-electron chi connectivity index (χ4n) is 5.92. The predicted molar refractivity (Wildman–Crippen MR) is 155 cm³/mol. The molecule has 1 radical (unpaired) electrons. The summed E-state index contributed by atoms with van der Waals surface area (Å²) in [6, 6.07) is 11.8. The van der Waals surface area contributed by atoms with Gasteiger partial charge in [-0.1, -0.05) is 62.3 Å². The SMILES string of the molecule is CC(C)(C)c1cc2c3c(c1)c(=O)c1cc(C(C)(C)C)cc4c([O])c5cc(C(C)(C)C)cc(c2=O)c5c-3c41. The second-order valence-electron chi connectivity index (χ2n) is 14.0. The summed E-state index contributed by atoms with van der Waals surface area (Å²) in [5.41, 5.74) is 3.53. The van der Waals surface area contributed by atoms with Gasteiger partial charge in [-0.3, -0.25) is 14.7 Å². The first-order valence-electron chi connectivity index (χ1n) is 13.1. The highest BCUT2D eigenvalue weighted by molar-refractivity contribution is 6.32. The molecule has 4 aromatic carbocycles. The Morgan fingerprint density at radius 3 is 1.05 bits per heavy atom. The smallest absolute Gasteiger partial charge is 0.194 e. The van der Waals surface area contributed by atoms with Gasteiger partial charge in [0.05, 0.1) is 0 Å². The zero-order valence-corrected chi connectivity index (χ0v) is 23.2. The molecule has 6 rings (SSSR count). The van der Waals surface area contributed by atoms with Crippen LogP contribution in [0.1, 0.15) is 79.0 Å². The van der Waals surface area contributed by atoms with Crippen LogP contribution in [-0.4, -0.2) is 0 Å². The third-order valence-electron chi connectivity index (χ3n) is 8.23. The Morgan fingerprint density at radius 2 is 0.730 bits per heavy atom. The van der Waals surface area contributed by atoms with Crippen molar-refractivity contribution in [2.75, 3.05) is 0 Å². The van der Waals surface area contributed by atoms with E-state index >= 15 is 0 Å². The van der Waals surface area contributed by atoms with E-state index in [4.69, 9.17) is 0 Å². The average Bonchev–Trinajstić information content (AvgIpc) is 2.79. The quantitative estimate of drug-likeness (QED) is 0.159. The van der Waals surface area contributed by atoms with Crippen LogP contribution in [0.4, 0.5) is 0 Å². The van der Waals surface area contributed by atoms with Gasteiger partial charge in [0.2, 0.25) is 0 Å². The normalized spacial score (nSPS) is 13.9. The van der Waals surface area contributed by atoms with Crippen molar-refractivity contribution in [1.82, 2.24) is 0 Å². The lowest BCUT2D eigenvalue weighted by Crippen LogP contribution is -2.19. The highest BCUT2D eigenvalue weighted by atomic mass is 16.3. The van der Waals surface area contributed by atoms with E-state index in [1.807, 2.05) is 36.4 Å². The summed E-state index contributed by atoms with van der Waals surface area (Å²) >= 11 is 0. The molecule has 0 amide bonds. The molecule has 187 valence electrons. The maximum Gasteiger partial charge on any atom is 0.194 e. The molecular weight excluding hydrogens is 456 g/mol. The van der Waals surface area contributed by atoms with Crippen LogP contribution in [0.5, 0.6) is 5.75 Å². The molecular formula is C34H33O3. The van der Waals surface area contributed by atoms with Crippen LogP contribution in [0.15, 0.2) is 46.0 Å². The van der Waals surface area contributed by atoms with Crippen LogP contribution in [0, 0.1) is 0 Å². The van der Waals surface area contributed by atoms with Crippen LogP contribution in [-0.2, 0) is 21.4 Å². The van der Waals surface area contributed by atoms with E-state index in [-0.39, 0.29) is 32.9 Å². The van der Waals surface area contributed by atoms with Crippen molar-refractivity contribution < 1.29 is 5.11 Å². The Morgan fingerprint density at radius 1 is 0.432 bits per heavy atom. The molecule has 0 saturated heterocycles. The first-order chi connectivity index (χ1) is 17.0. The summed E-state index contributed by atoms with van der Waals surface area (Å²) < 4.78 is 0. The van der Waals surface area contributed by atoms with Crippen LogP contribution >= 0.6 is 0 Å². The minimum atomic E-state index is -0.239. The Bertz CT molecular complexity index is 1830. The van der Waals surface area contributed by atoms with Gasteiger partial charge in [0, 0.05) is 54.2 Å². The molecule has 0 spiro atoms. The van der Waals surface area contributed by atoms with Crippen molar-refractivity contribution in [3.05, 3.63) is 73.5 Å². The van der Waals surface area contributed by atoms with Crippen LogP contribution in [0.3, 0.4) is 0 Å². The zero-order valence-electron chi connectivity index (χ0n) is 23.2. The largest absolute Gasteiger partial charge is 0.289 e. The second-order valence-corrected chi connectivity index (χ2v) is 14.0. The molecule has 4 aromatic rings. The summed E-state index contributed by atoms with van der Waals surface area (Å²) in [5, 5.41) is 19.0. The van der Waals surface area contributed by atoms with Gasteiger partial charge in [0.1, 0.15) is 0 Å². The lowest BCUT2D eigenvalue weighted by atomic mass is 9.75. The maximum atomic E-state index is 14.2. The Kier molecular flexibility index (Phi) is 4.45. The van der Waals surface area contributed by atoms with Gasteiger partial charge in [0.25, 0.3) is 0 Å². The molecule has 0 N–H and O–H groups in total. The molecule has 3 nitrogen and oxygen atoms in total. The van der Waals surface area contributed by atoms with Crippen LogP contribution in [0.25, 0.3) is 54.2 Å². The minimum Gasteiger partial charge on any atom is -0.289 e. The van der Waals surface area contributed by atoms with Gasteiger partial charge in [-0.2, -0.15) is 0 Å². The Hall–Kier alpha value is -3.46. The van der Waals surface area contributed by atoms with Crippen molar-refractivity contribution in [3.63, 3.8) is 0 Å². The van der Waals surface area contributed by atoms with E-state index in [1.54, 1.807) is 0 Å². The average molecular weight is 490 g/mol. The lowest BCUT2D eigenvalue weighted by Gasteiger charge is -2.28. The first kappa shape index (κ1) is 23.9. The number of hydrogen-bond acceptors (Lipinski definition) is 2. The van der Waals surface area contributed by atoms with E-state index in [1.165, 1.54) is 0 Å². The first-order valence-corrected chi connectivity index (χ1v) is 13.1. The molecule has 0 heterocycles. The molecule has 0 fully saturated rings. The topological polar surface area (TPSA) is 54.0 Å². The second kappa shape index (κ2) is 6.89. The third kappa shape index (κ3) is 3.13. The summed E-state index contributed by atoms with van der Waals surface area (Å²) in [4.78, 5) is 28.3. The summed E-state index contributed by atoms with van der Waals surface area (Å²) in [6.45, 7) is 18.9. The lowest BCUT2D eigenvalue weighted by molar-refractivity contribution is 0.365. The van der Waals surface area contributed by atoms with Gasteiger partial charge >= 0.3 is 0 Å². The third-order valence-corrected chi connectivity index (χ3v) is 8.23. The van der Waals surface area contributed by atoms with Crippen molar-refractivity contribution >= 4 is 43.1 Å². The van der Waals surface area contributed by atoms with Gasteiger partial charge in [0.15, 0.2) is 16.6 Å². The molecule has 0 aromatic heterocycles. The molecule has 2 aliphatic rings. The van der Waals surface area contributed by atoms with Crippen molar-refractivity contribution in [2.24, 2.45) is 0 Å². The van der Waals surface area contributed by atoms with E-state index in [9.17, 15) is 14.7 Å². The highest BCUT2D eigenvalue weighted by Gasteiger charge is 2.32. The van der Waals surface area contributed by atoms with E-state index in [0.717, 1.165) is 22.3 Å². The summed E-state index contributed by atoms with van der Waals surface area (Å²) in [6.07, 6.45) is 0. The highest BCUT2D eigenvalue weighted by Crippen LogP contribution is 2.51. The molecule has 0 atom stereocenters. The van der Waals surface area contributed by atoms with Gasteiger partial charge in [-0.25, -0.2) is 0 Å². The Balaban J connectivity index is 2.04. The zero-order chi connectivity index (χ0) is 27.0. The molecule has 0 saturated carbocycles. The molecule has 37 heavy (non-hydrogen) atoms. The van der Waals surface area contributed by atoms with E-state index in [2.05, 4.69) is 62.3 Å². The van der Waals surface area contributed by atoms with Crippen molar-refractivity contribution in [2.45, 2.75) is 78.6 Å².